The molecular formula is C14H23N3O2. The van der Waals surface area contributed by atoms with Crippen molar-refractivity contribution >= 4 is 5.97 Å². The van der Waals surface area contributed by atoms with Gasteiger partial charge in [0, 0.05) is 12.6 Å². The Morgan fingerprint density at radius 1 is 1.53 bits per heavy atom. The van der Waals surface area contributed by atoms with Crippen LogP contribution in [0.5, 0.6) is 0 Å². The lowest BCUT2D eigenvalue weighted by molar-refractivity contribution is -0.158. The summed E-state index contributed by atoms with van der Waals surface area (Å²) in [6.07, 6.45) is 6.91. The first-order valence-electron chi connectivity index (χ1n) is 6.79. The van der Waals surface area contributed by atoms with Gasteiger partial charge in [-0.25, -0.2) is 4.79 Å². The average Bonchev–Trinajstić information content (AvgIpc) is 2.25. The minimum atomic E-state index is -0.463. The maximum absolute atomic E-state index is 12.3. The van der Waals surface area contributed by atoms with E-state index in [1.807, 2.05) is 39.0 Å². The third kappa shape index (κ3) is 3.99. The Morgan fingerprint density at radius 3 is 2.74 bits per heavy atom. The zero-order valence-electron chi connectivity index (χ0n) is 11.8. The summed E-state index contributed by atoms with van der Waals surface area (Å²) in [4.78, 5) is 12.3. The van der Waals surface area contributed by atoms with E-state index in [1.165, 1.54) is 0 Å². The summed E-state index contributed by atoms with van der Waals surface area (Å²) in [5.74, 6) is 0.661. The van der Waals surface area contributed by atoms with Crippen molar-refractivity contribution in [1.82, 2.24) is 16.0 Å². The van der Waals surface area contributed by atoms with Gasteiger partial charge in [-0.3, -0.25) is 0 Å². The SMILES string of the molecule is CC(C)(C)OC(=O)C(NC1=CC=CCN1)C1CCN1. The van der Waals surface area contributed by atoms with Gasteiger partial charge in [-0.15, -0.1) is 0 Å². The van der Waals surface area contributed by atoms with Crippen LogP contribution in [0.4, 0.5) is 0 Å². The van der Waals surface area contributed by atoms with Crippen molar-refractivity contribution in [2.45, 2.75) is 44.9 Å². The number of hydrogen-bond donors (Lipinski definition) is 3. The molecule has 0 spiro atoms. The standard InChI is InChI=1S/C14H23N3O2/c1-14(2,3)19-13(18)12(10-7-9-15-10)17-11-6-4-5-8-16-11/h4-6,10,12,15-17H,7-9H2,1-3H3. The Balaban J connectivity index is 2.01. The number of nitrogens with one attached hydrogen (secondary N) is 3. The highest BCUT2D eigenvalue weighted by molar-refractivity contribution is 5.77. The molecule has 0 aliphatic carbocycles. The van der Waals surface area contributed by atoms with Gasteiger partial charge in [0.05, 0.1) is 5.82 Å². The maximum Gasteiger partial charge on any atom is 0.330 e. The van der Waals surface area contributed by atoms with Gasteiger partial charge in [0.2, 0.25) is 0 Å². The molecule has 0 aromatic heterocycles. The Hall–Kier alpha value is -1.49. The predicted octanol–water partition coefficient (Wildman–Crippen LogP) is 0.649. The van der Waals surface area contributed by atoms with Crippen LogP contribution in [0.25, 0.3) is 0 Å². The summed E-state index contributed by atoms with van der Waals surface area (Å²) in [5.41, 5.74) is -0.463. The van der Waals surface area contributed by atoms with Crippen molar-refractivity contribution in [3.63, 3.8) is 0 Å². The van der Waals surface area contributed by atoms with Crippen molar-refractivity contribution in [3.8, 4) is 0 Å². The summed E-state index contributed by atoms with van der Waals surface area (Å²) in [5, 5.41) is 9.71. The average molecular weight is 265 g/mol. The lowest BCUT2D eigenvalue weighted by Gasteiger charge is -2.36. The van der Waals surface area contributed by atoms with E-state index in [-0.39, 0.29) is 18.1 Å². The van der Waals surface area contributed by atoms with Gasteiger partial charge < -0.3 is 20.7 Å². The number of ether oxygens (including phenoxy) is 1. The monoisotopic (exact) mass is 265 g/mol. The first kappa shape index (κ1) is 13.9. The molecule has 2 rings (SSSR count). The first-order valence-corrected chi connectivity index (χ1v) is 6.79. The number of carbonyl (C=O) groups excluding carboxylic acids is 1. The number of carbonyl (C=O) groups is 1. The molecule has 0 aromatic carbocycles. The molecule has 2 unspecified atom stereocenters. The number of allylic oxidation sites excluding steroid dienone is 2. The Kier molecular flexibility index (Phi) is 4.14. The maximum atomic E-state index is 12.3. The number of dihydropyridines is 1. The van der Waals surface area contributed by atoms with Crippen LogP contribution < -0.4 is 16.0 Å². The minimum Gasteiger partial charge on any atom is -0.458 e. The van der Waals surface area contributed by atoms with Gasteiger partial charge in [0.15, 0.2) is 0 Å². The highest BCUT2D eigenvalue weighted by Gasteiger charge is 2.35. The fraction of sp³-hybridized carbons (Fsp3) is 0.643. The third-order valence-corrected chi connectivity index (χ3v) is 3.05. The zero-order valence-corrected chi connectivity index (χ0v) is 11.8. The van der Waals surface area contributed by atoms with Crippen molar-refractivity contribution in [1.29, 1.82) is 0 Å². The molecule has 1 fully saturated rings. The van der Waals surface area contributed by atoms with E-state index in [4.69, 9.17) is 4.74 Å². The topological polar surface area (TPSA) is 62.4 Å². The van der Waals surface area contributed by atoms with Gasteiger partial charge in [-0.1, -0.05) is 12.2 Å². The Morgan fingerprint density at radius 2 is 2.26 bits per heavy atom. The molecule has 0 aromatic rings. The number of hydrogen-bond acceptors (Lipinski definition) is 5. The van der Waals surface area contributed by atoms with Gasteiger partial charge in [0.1, 0.15) is 11.6 Å². The Labute approximate surface area is 114 Å². The van der Waals surface area contributed by atoms with Crippen LogP contribution in [-0.2, 0) is 9.53 Å². The summed E-state index contributed by atoms with van der Waals surface area (Å²) in [7, 11) is 0. The van der Waals surface area contributed by atoms with Crippen LogP contribution in [0.2, 0.25) is 0 Å². The summed E-state index contributed by atoms with van der Waals surface area (Å²) in [6.45, 7) is 7.39. The minimum absolute atomic E-state index is 0.142. The first-order chi connectivity index (χ1) is 8.96. The van der Waals surface area contributed by atoms with Crippen LogP contribution in [0.1, 0.15) is 27.2 Å². The quantitative estimate of drug-likeness (QED) is 0.652. The van der Waals surface area contributed by atoms with Crippen molar-refractivity contribution in [2.24, 2.45) is 0 Å². The van der Waals surface area contributed by atoms with E-state index in [1.54, 1.807) is 0 Å². The highest BCUT2D eigenvalue weighted by atomic mass is 16.6. The molecule has 0 radical (unpaired) electrons. The van der Waals surface area contributed by atoms with Gasteiger partial charge in [0.25, 0.3) is 0 Å². The molecule has 19 heavy (non-hydrogen) atoms. The van der Waals surface area contributed by atoms with Crippen LogP contribution >= 0.6 is 0 Å². The van der Waals surface area contributed by atoms with Gasteiger partial charge in [-0.05, 0) is 39.8 Å². The molecule has 0 amide bonds. The van der Waals surface area contributed by atoms with E-state index in [0.717, 1.165) is 25.3 Å². The molecule has 0 bridgehead atoms. The van der Waals surface area contributed by atoms with E-state index in [9.17, 15) is 4.79 Å². The van der Waals surface area contributed by atoms with Crippen molar-refractivity contribution in [2.75, 3.05) is 13.1 Å². The molecule has 0 saturated carbocycles. The largest absolute Gasteiger partial charge is 0.458 e. The van der Waals surface area contributed by atoms with E-state index >= 15 is 0 Å². The van der Waals surface area contributed by atoms with Crippen LogP contribution in [0.3, 0.4) is 0 Å². The van der Waals surface area contributed by atoms with Crippen LogP contribution in [-0.4, -0.2) is 36.7 Å². The number of esters is 1. The molecule has 1 saturated heterocycles. The molecule has 2 heterocycles. The fourth-order valence-corrected chi connectivity index (χ4v) is 2.01. The van der Waals surface area contributed by atoms with Crippen molar-refractivity contribution in [3.05, 3.63) is 24.0 Å². The predicted molar refractivity (Wildman–Crippen MR) is 74.4 cm³/mol. The Bertz CT molecular complexity index is 392. The zero-order chi connectivity index (χ0) is 13.9. The lowest BCUT2D eigenvalue weighted by atomic mass is 9.98. The number of rotatable bonds is 4. The molecule has 5 heteroatoms. The second-order valence-corrected chi connectivity index (χ2v) is 5.89. The molecule has 2 aliphatic rings. The molecular weight excluding hydrogens is 242 g/mol. The van der Waals surface area contributed by atoms with Gasteiger partial charge >= 0.3 is 5.97 Å². The van der Waals surface area contributed by atoms with Gasteiger partial charge in [-0.2, -0.15) is 0 Å². The third-order valence-electron chi connectivity index (χ3n) is 3.05. The molecule has 3 N–H and O–H groups in total. The second kappa shape index (κ2) is 5.65. The molecule has 2 aliphatic heterocycles. The smallest absolute Gasteiger partial charge is 0.330 e. The van der Waals surface area contributed by atoms with Crippen molar-refractivity contribution < 1.29 is 9.53 Å². The molecule has 5 nitrogen and oxygen atoms in total. The van der Waals surface area contributed by atoms with E-state index in [2.05, 4.69) is 16.0 Å². The molecule has 2 atom stereocenters. The van der Waals surface area contributed by atoms with E-state index < -0.39 is 5.60 Å². The summed E-state index contributed by atoms with van der Waals surface area (Å²) in [6, 6.07) is -0.207. The van der Waals surface area contributed by atoms with E-state index in [0.29, 0.717) is 0 Å². The second-order valence-electron chi connectivity index (χ2n) is 5.89. The van der Waals surface area contributed by atoms with Crippen LogP contribution in [0, 0.1) is 0 Å². The highest BCUT2D eigenvalue weighted by Crippen LogP contribution is 2.15. The normalized spacial score (nSPS) is 23.7. The molecule has 106 valence electrons. The lowest BCUT2D eigenvalue weighted by Crippen LogP contribution is -2.60. The summed E-state index contributed by atoms with van der Waals surface area (Å²) < 4.78 is 5.48. The van der Waals surface area contributed by atoms with Crippen LogP contribution in [0.15, 0.2) is 24.0 Å². The summed E-state index contributed by atoms with van der Waals surface area (Å²) >= 11 is 0. The fourth-order valence-electron chi connectivity index (χ4n) is 2.01.